The molecule has 0 unspecified atom stereocenters. The summed E-state index contributed by atoms with van der Waals surface area (Å²) in [5.74, 6) is 2.44. The summed E-state index contributed by atoms with van der Waals surface area (Å²) in [6, 6.07) is 6.54. The first kappa shape index (κ1) is 21.9. The van der Waals surface area contributed by atoms with Crippen LogP contribution in [0, 0.1) is 0 Å². The molecule has 0 aromatic heterocycles. The number of halogens is 1. The molecule has 0 atom stereocenters. The number of nitrogens with zero attached hydrogens (tertiary/aromatic N) is 1. The maximum atomic E-state index is 5.56. The molecule has 0 saturated heterocycles. The predicted molar refractivity (Wildman–Crippen MR) is 114 cm³/mol. The van der Waals surface area contributed by atoms with Crippen molar-refractivity contribution >= 4 is 29.9 Å². The quantitative estimate of drug-likeness (QED) is 0.365. The van der Waals surface area contributed by atoms with Crippen molar-refractivity contribution in [3.8, 4) is 11.5 Å². The summed E-state index contributed by atoms with van der Waals surface area (Å²) in [4.78, 5) is 4.73. The average Bonchev–Trinajstić information content (AvgIpc) is 2.62. The number of guanidine groups is 1. The number of benzene rings is 1. The van der Waals surface area contributed by atoms with E-state index in [2.05, 4.69) is 17.6 Å². The highest BCUT2D eigenvalue weighted by molar-refractivity contribution is 14.0. The van der Waals surface area contributed by atoms with Gasteiger partial charge in [-0.1, -0.05) is 25.3 Å². The minimum Gasteiger partial charge on any atom is -0.493 e. The van der Waals surface area contributed by atoms with Gasteiger partial charge in [0.2, 0.25) is 0 Å². The van der Waals surface area contributed by atoms with E-state index in [-0.39, 0.29) is 24.0 Å². The van der Waals surface area contributed by atoms with Gasteiger partial charge in [0.05, 0.1) is 20.3 Å². The van der Waals surface area contributed by atoms with Crippen LogP contribution in [0.4, 0.5) is 0 Å². The Morgan fingerprint density at radius 3 is 2.56 bits per heavy atom. The number of ether oxygens (including phenoxy) is 2. The van der Waals surface area contributed by atoms with E-state index in [1.165, 1.54) is 32.1 Å². The van der Waals surface area contributed by atoms with Crippen LogP contribution in [0.5, 0.6) is 11.5 Å². The number of hydrogen-bond acceptors (Lipinski definition) is 3. The summed E-state index contributed by atoms with van der Waals surface area (Å²) in [6.45, 7) is 6.18. The third-order valence-electron chi connectivity index (χ3n) is 4.24. The van der Waals surface area contributed by atoms with Gasteiger partial charge >= 0.3 is 0 Å². The Morgan fingerprint density at radius 2 is 1.92 bits per heavy atom. The molecule has 0 radical (unpaired) electrons. The summed E-state index contributed by atoms with van der Waals surface area (Å²) in [7, 11) is 1.67. The largest absolute Gasteiger partial charge is 0.493 e. The minimum absolute atomic E-state index is 0. The SMILES string of the molecule is CCNC(=NCc1ccc(OCC)c(OC)c1)NC1CCCCC1.I. The van der Waals surface area contributed by atoms with Crippen LogP contribution in [-0.2, 0) is 6.54 Å². The number of methoxy groups -OCH3 is 1. The van der Waals surface area contributed by atoms with Crippen molar-refractivity contribution in [3.63, 3.8) is 0 Å². The summed E-state index contributed by atoms with van der Waals surface area (Å²) >= 11 is 0. The normalized spacial score (nSPS) is 15.2. The lowest BCUT2D eigenvalue weighted by atomic mass is 9.96. The Labute approximate surface area is 169 Å². The van der Waals surface area contributed by atoms with Crippen molar-refractivity contribution < 1.29 is 9.47 Å². The molecule has 1 saturated carbocycles. The van der Waals surface area contributed by atoms with E-state index in [1.807, 2.05) is 25.1 Å². The zero-order valence-electron chi connectivity index (χ0n) is 15.6. The molecule has 0 heterocycles. The van der Waals surface area contributed by atoms with E-state index in [0.717, 1.165) is 29.6 Å². The van der Waals surface area contributed by atoms with Crippen molar-refractivity contribution in [2.24, 2.45) is 4.99 Å². The summed E-state index contributed by atoms with van der Waals surface area (Å²) in [5, 5.41) is 6.91. The Kier molecular flexibility index (Phi) is 10.7. The Bertz CT molecular complexity index is 531. The lowest BCUT2D eigenvalue weighted by Gasteiger charge is -2.24. The second-order valence-electron chi connectivity index (χ2n) is 6.09. The molecular weight excluding hydrogens is 429 g/mol. The lowest BCUT2D eigenvalue weighted by Crippen LogP contribution is -2.44. The van der Waals surface area contributed by atoms with Gasteiger partial charge in [-0.15, -0.1) is 24.0 Å². The highest BCUT2D eigenvalue weighted by atomic mass is 127. The summed E-state index contributed by atoms with van der Waals surface area (Å²) in [5.41, 5.74) is 1.11. The van der Waals surface area contributed by atoms with Gasteiger partial charge in [0.1, 0.15) is 0 Å². The molecule has 142 valence electrons. The first-order chi connectivity index (χ1) is 11.8. The van der Waals surface area contributed by atoms with E-state index < -0.39 is 0 Å². The van der Waals surface area contributed by atoms with Crippen LogP contribution in [0.2, 0.25) is 0 Å². The van der Waals surface area contributed by atoms with Gasteiger partial charge in [0.15, 0.2) is 17.5 Å². The molecule has 6 heteroatoms. The number of hydrogen-bond donors (Lipinski definition) is 2. The van der Waals surface area contributed by atoms with Crippen LogP contribution in [0.1, 0.15) is 51.5 Å². The molecule has 1 aliphatic rings. The molecule has 2 rings (SSSR count). The summed E-state index contributed by atoms with van der Waals surface area (Å²) in [6.07, 6.45) is 6.46. The molecule has 25 heavy (non-hydrogen) atoms. The molecule has 2 N–H and O–H groups in total. The van der Waals surface area contributed by atoms with E-state index in [0.29, 0.717) is 19.2 Å². The number of rotatable bonds is 7. The topological polar surface area (TPSA) is 54.9 Å². The monoisotopic (exact) mass is 461 g/mol. The van der Waals surface area contributed by atoms with Crippen LogP contribution in [0.25, 0.3) is 0 Å². The fraction of sp³-hybridized carbons (Fsp3) is 0.632. The lowest BCUT2D eigenvalue weighted by molar-refractivity contribution is 0.310. The fourth-order valence-electron chi connectivity index (χ4n) is 3.02. The molecule has 1 fully saturated rings. The average molecular weight is 461 g/mol. The van der Waals surface area contributed by atoms with Crippen molar-refractivity contribution in [1.82, 2.24) is 10.6 Å². The Balaban J connectivity index is 0.00000312. The molecule has 1 aromatic rings. The minimum atomic E-state index is 0. The molecular formula is C19H32IN3O2. The van der Waals surface area contributed by atoms with E-state index in [1.54, 1.807) is 7.11 Å². The zero-order valence-corrected chi connectivity index (χ0v) is 18.0. The third-order valence-corrected chi connectivity index (χ3v) is 4.24. The van der Waals surface area contributed by atoms with Gasteiger partial charge in [-0.3, -0.25) is 0 Å². The molecule has 1 aliphatic carbocycles. The van der Waals surface area contributed by atoms with Gasteiger partial charge in [-0.05, 0) is 44.4 Å². The van der Waals surface area contributed by atoms with Crippen molar-refractivity contribution in [2.45, 2.75) is 58.5 Å². The molecule has 1 aromatic carbocycles. The van der Waals surface area contributed by atoms with Crippen LogP contribution < -0.4 is 20.1 Å². The first-order valence-corrected chi connectivity index (χ1v) is 9.11. The van der Waals surface area contributed by atoms with Crippen molar-refractivity contribution in [3.05, 3.63) is 23.8 Å². The number of aliphatic imine (C=N–C) groups is 1. The van der Waals surface area contributed by atoms with Crippen LogP contribution >= 0.6 is 24.0 Å². The standard InChI is InChI=1S/C19H31N3O2.HI/c1-4-20-19(22-16-9-7-6-8-10-16)21-14-15-11-12-17(24-5-2)18(13-15)23-3;/h11-13,16H,4-10,14H2,1-3H3,(H2,20,21,22);1H. The van der Waals surface area contributed by atoms with Gasteiger partial charge in [0.25, 0.3) is 0 Å². The number of nitrogens with one attached hydrogen (secondary N) is 2. The Morgan fingerprint density at radius 1 is 1.16 bits per heavy atom. The molecule has 0 aliphatic heterocycles. The zero-order chi connectivity index (χ0) is 17.2. The maximum Gasteiger partial charge on any atom is 0.191 e. The van der Waals surface area contributed by atoms with E-state index >= 15 is 0 Å². The molecule has 0 spiro atoms. The van der Waals surface area contributed by atoms with Crippen LogP contribution in [-0.4, -0.2) is 32.3 Å². The Hall–Kier alpha value is -1.18. The van der Waals surface area contributed by atoms with Crippen LogP contribution in [0.3, 0.4) is 0 Å². The van der Waals surface area contributed by atoms with Gasteiger partial charge < -0.3 is 20.1 Å². The van der Waals surface area contributed by atoms with Gasteiger partial charge in [0, 0.05) is 12.6 Å². The fourth-order valence-corrected chi connectivity index (χ4v) is 3.02. The van der Waals surface area contributed by atoms with Gasteiger partial charge in [-0.25, -0.2) is 4.99 Å². The summed E-state index contributed by atoms with van der Waals surface area (Å²) < 4.78 is 11.0. The molecule has 0 bridgehead atoms. The maximum absolute atomic E-state index is 5.56. The van der Waals surface area contributed by atoms with Crippen molar-refractivity contribution in [1.29, 1.82) is 0 Å². The van der Waals surface area contributed by atoms with Gasteiger partial charge in [-0.2, -0.15) is 0 Å². The van der Waals surface area contributed by atoms with Crippen LogP contribution in [0.15, 0.2) is 23.2 Å². The predicted octanol–water partition coefficient (Wildman–Crippen LogP) is 4.10. The first-order valence-electron chi connectivity index (χ1n) is 9.11. The van der Waals surface area contributed by atoms with Crippen molar-refractivity contribution in [2.75, 3.05) is 20.3 Å². The molecule has 5 nitrogen and oxygen atoms in total. The second kappa shape index (κ2) is 12.2. The highest BCUT2D eigenvalue weighted by Crippen LogP contribution is 2.28. The highest BCUT2D eigenvalue weighted by Gasteiger charge is 2.14. The third kappa shape index (κ3) is 7.30. The smallest absolute Gasteiger partial charge is 0.191 e. The molecule has 0 amide bonds. The van der Waals surface area contributed by atoms with E-state index in [4.69, 9.17) is 14.5 Å². The second-order valence-corrected chi connectivity index (χ2v) is 6.09. The van der Waals surface area contributed by atoms with E-state index in [9.17, 15) is 0 Å².